The van der Waals surface area contributed by atoms with Crippen LogP contribution < -0.4 is 0 Å². The van der Waals surface area contributed by atoms with E-state index in [4.69, 9.17) is 0 Å². The lowest BCUT2D eigenvalue weighted by molar-refractivity contribution is -0.374. The number of rotatable bonds is 4. The summed E-state index contributed by atoms with van der Waals surface area (Å²) in [7, 11) is 0. The van der Waals surface area contributed by atoms with Crippen LogP contribution in [0.1, 0.15) is 45.4 Å². The number of allylic oxidation sites excluding steroid dienone is 2. The topological polar surface area (TPSA) is 20.2 Å². The number of fused-ring (bicyclic) bond motifs is 5. The van der Waals surface area contributed by atoms with Crippen LogP contribution in [-0.4, -0.2) is 23.1 Å². The van der Waals surface area contributed by atoms with Crippen LogP contribution in [0, 0.1) is 35.5 Å². The molecule has 1 N–H and O–H groups in total. The van der Waals surface area contributed by atoms with Crippen LogP contribution in [-0.2, 0) is 0 Å². The number of halogens is 6. The molecule has 0 aromatic heterocycles. The first-order chi connectivity index (χ1) is 11.5. The number of hydrogen-bond acceptors (Lipinski definition) is 1. The largest absolute Gasteiger partial charge is 0.426 e. The monoisotopic (exact) mass is 370 g/mol. The zero-order valence-electron chi connectivity index (χ0n) is 14.1. The number of hydrogen-bond donors (Lipinski definition) is 1. The SMILES string of the molecule is CCCC1C(CC(O)(C(F)(F)F)C(F)(F)F)CCC2C3C=CC(C3)C21. The summed E-state index contributed by atoms with van der Waals surface area (Å²) >= 11 is 0. The average molecular weight is 370 g/mol. The molecular weight excluding hydrogens is 346 g/mol. The van der Waals surface area contributed by atoms with Gasteiger partial charge >= 0.3 is 12.4 Å². The first-order valence-electron chi connectivity index (χ1n) is 9.03. The second kappa shape index (κ2) is 6.17. The summed E-state index contributed by atoms with van der Waals surface area (Å²) in [5.74, 6) is 0.327. The Morgan fingerprint density at radius 1 is 0.960 bits per heavy atom. The molecular formula is C18H24F6O. The molecule has 6 unspecified atom stereocenters. The van der Waals surface area contributed by atoms with Crippen molar-refractivity contribution in [2.45, 2.75) is 63.4 Å². The Hall–Kier alpha value is -0.720. The van der Waals surface area contributed by atoms with Gasteiger partial charge in [-0.05, 0) is 61.2 Å². The summed E-state index contributed by atoms with van der Waals surface area (Å²) in [5.41, 5.74) is -4.61. The third-order valence-corrected chi connectivity index (χ3v) is 6.78. The predicted molar refractivity (Wildman–Crippen MR) is 80.5 cm³/mol. The molecule has 3 aliphatic rings. The molecule has 0 saturated heterocycles. The summed E-state index contributed by atoms with van der Waals surface area (Å²) in [5, 5.41) is 9.63. The van der Waals surface area contributed by atoms with Crippen molar-refractivity contribution in [3.63, 3.8) is 0 Å². The summed E-state index contributed by atoms with van der Waals surface area (Å²) in [6.07, 6.45) is -5.13. The van der Waals surface area contributed by atoms with E-state index in [-0.39, 0.29) is 17.8 Å². The third-order valence-electron chi connectivity index (χ3n) is 6.78. The highest BCUT2D eigenvalue weighted by molar-refractivity contribution is 5.16. The van der Waals surface area contributed by atoms with Gasteiger partial charge in [-0.1, -0.05) is 31.9 Å². The van der Waals surface area contributed by atoms with Gasteiger partial charge in [-0.2, -0.15) is 26.3 Å². The highest BCUT2D eigenvalue weighted by atomic mass is 19.4. The maximum atomic E-state index is 13.1. The van der Waals surface area contributed by atoms with Crippen molar-refractivity contribution < 1.29 is 31.4 Å². The van der Waals surface area contributed by atoms with E-state index in [0.29, 0.717) is 31.1 Å². The smallest absolute Gasteiger partial charge is 0.374 e. The quantitative estimate of drug-likeness (QED) is 0.512. The van der Waals surface area contributed by atoms with Gasteiger partial charge in [0.05, 0.1) is 0 Å². The molecule has 0 aliphatic heterocycles. The van der Waals surface area contributed by atoms with Gasteiger partial charge in [-0.25, -0.2) is 0 Å². The molecule has 3 rings (SSSR count). The molecule has 144 valence electrons. The van der Waals surface area contributed by atoms with Crippen molar-refractivity contribution in [2.75, 3.05) is 0 Å². The Kier molecular flexibility index (Phi) is 4.70. The zero-order chi connectivity index (χ0) is 18.6. The van der Waals surface area contributed by atoms with E-state index >= 15 is 0 Å². The molecule has 2 saturated carbocycles. The molecule has 0 heterocycles. The molecule has 2 bridgehead atoms. The fraction of sp³-hybridized carbons (Fsp3) is 0.889. The van der Waals surface area contributed by atoms with E-state index in [1.807, 2.05) is 6.92 Å². The molecule has 0 aromatic carbocycles. The van der Waals surface area contributed by atoms with Crippen molar-refractivity contribution in [1.82, 2.24) is 0 Å². The molecule has 1 nitrogen and oxygen atoms in total. The van der Waals surface area contributed by atoms with Crippen molar-refractivity contribution in [2.24, 2.45) is 35.5 Å². The molecule has 0 spiro atoms. The van der Waals surface area contributed by atoms with Crippen LogP contribution in [0.4, 0.5) is 26.3 Å². The summed E-state index contributed by atoms with van der Waals surface area (Å²) in [6, 6.07) is 0. The van der Waals surface area contributed by atoms with Gasteiger partial charge in [0.1, 0.15) is 0 Å². The van der Waals surface area contributed by atoms with Gasteiger partial charge in [-0.3, -0.25) is 0 Å². The van der Waals surface area contributed by atoms with E-state index in [2.05, 4.69) is 12.2 Å². The normalized spacial score (nSPS) is 38.2. The van der Waals surface area contributed by atoms with Gasteiger partial charge in [0.2, 0.25) is 0 Å². The van der Waals surface area contributed by atoms with Gasteiger partial charge in [0.25, 0.3) is 5.60 Å². The molecule has 2 fully saturated rings. The van der Waals surface area contributed by atoms with Crippen LogP contribution in [0.3, 0.4) is 0 Å². The number of aliphatic hydroxyl groups is 1. The minimum Gasteiger partial charge on any atom is -0.374 e. The van der Waals surface area contributed by atoms with Crippen LogP contribution in [0.5, 0.6) is 0 Å². The summed E-state index contributed by atoms with van der Waals surface area (Å²) < 4.78 is 78.6. The van der Waals surface area contributed by atoms with Crippen LogP contribution in [0.2, 0.25) is 0 Å². The molecule has 6 atom stereocenters. The second-order valence-corrected chi connectivity index (χ2v) is 8.04. The molecule has 0 radical (unpaired) electrons. The lowest BCUT2D eigenvalue weighted by Crippen LogP contribution is -2.58. The highest BCUT2D eigenvalue weighted by Gasteiger charge is 2.71. The van der Waals surface area contributed by atoms with E-state index in [1.165, 1.54) is 0 Å². The minimum absolute atomic E-state index is 0.166. The summed E-state index contributed by atoms with van der Waals surface area (Å²) in [6.45, 7) is 1.91. The van der Waals surface area contributed by atoms with E-state index in [1.54, 1.807) is 0 Å². The van der Waals surface area contributed by atoms with E-state index < -0.39 is 30.3 Å². The third kappa shape index (κ3) is 3.00. The van der Waals surface area contributed by atoms with Crippen molar-refractivity contribution in [3.05, 3.63) is 12.2 Å². The van der Waals surface area contributed by atoms with Crippen LogP contribution in [0.15, 0.2) is 12.2 Å². The minimum atomic E-state index is -5.71. The molecule has 0 aromatic rings. The number of alkyl halides is 6. The van der Waals surface area contributed by atoms with Gasteiger partial charge in [0, 0.05) is 0 Å². The first-order valence-corrected chi connectivity index (χ1v) is 9.03. The summed E-state index contributed by atoms with van der Waals surface area (Å²) in [4.78, 5) is 0. The average Bonchev–Trinajstić information content (AvgIpc) is 3.08. The first kappa shape index (κ1) is 19.1. The molecule has 7 heteroatoms. The van der Waals surface area contributed by atoms with Crippen LogP contribution in [0.25, 0.3) is 0 Å². The Balaban J connectivity index is 1.87. The lowest BCUT2D eigenvalue weighted by Gasteiger charge is -2.47. The van der Waals surface area contributed by atoms with Crippen molar-refractivity contribution in [3.8, 4) is 0 Å². The highest BCUT2D eigenvalue weighted by Crippen LogP contribution is 2.60. The van der Waals surface area contributed by atoms with Gasteiger partial charge in [-0.15, -0.1) is 0 Å². The maximum absolute atomic E-state index is 13.1. The molecule has 0 amide bonds. The fourth-order valence-corrected chi connectivity index (χ4v) is 5.73. The lowest BCUT2D eigenvalue weighted by atomic mass is 9.60. The Labute approximate surface area is 143 Å². The maximum Gasteiger partial charge on any atom is 0.426 e. The second-order valence-electron chi connectivity index (χ2n) is 8.04. The fourth-order valence-electron chi connectivity index (χ4n) is 5.73. The van der Waals surface area contributed by atoms with Crippen molar-refractivity contribution >= 4 is 0 Å². The standard InChI is InChI=1S/C18H24F6O/c1-2-3-13-12(9-16(25,17(19,20)21)18(22,23)24)6-7-14-10-4-5-11(8-10)15(13)14/h4-5,10-15,25H,2-3,6-9H2,1H3. The zero-order valence-corrected chi connectivity index (χ0v) is 14.1. The van der Waals surface area contributed by atoms with Crippen molar-refractivity contribution in [1.29, 1.82) is 0 Å². The molecule has 25 heavy (non-hydrogen) atoms. The van der Waals surface area contributed by atoms with Gasteiger partial charge < -0.3 is 5.11 Å². The van der Waals surface area contributed by atoms with Crippen LogP contribution >= 0.6 is 0 Å². The molecule has 3 aliphatic carbocycles. The Morgan fingerprint density at radius 3 is 2.12 bits per heavy atom. The van der Waals surface area contributed by atoms with Gasteiger partial charge in [0.15, 0.2) is 0 Å². The van der Waals surface area contributed by atoms with E-state index in [0.717, 1.165) is 12.8 Å². The predicted octanol–water partition coefficient (Wildman–Crippen LogP) is 5.50. The Morgan fingerprint density at radius 2 is 1.56 bits per heavy atom. The van der Waals surface area contributed by atoms with E-state index in [9.17, 15) is 31.4 Å². The Bertz CT molecular complexity index is 509.